The van der Waals surface area contributed by atoms with E-state index in [1.54, 1.807) is 0 Å². The van der Waals surface area contributed by atoms with Gasteiger partial charge in [-0.25, -0.2) is 0 Å². The predicted octanol–water partition coefficient (Wildman–Crippen LogP) is 0.642. The molecular formula is C21H42N4O4. The van der Waals surface area contributed by atoms with Crippen LogP contribution in [0.25, 0.3) is 0 Å². The van der Waals surface area contributed by atoms with Crippen LogP contribution in [0, 0.1) is 0 Å². The van der Waals surface area contributed by atoms with Crippen molar-refractivity contribution in [1.29, 1.82) is 0 Å². The van der Waals surface area contributed by atoms with Crippen molar-refractivity contribution in [1.82, 2.24) is 20.9 Å². The van der Waals surface area contributed by atoms with Crippen LogP contribution in [0.2, 0.25) is 0 Å². The molecule has 4 N–H and O–H groups in total. The van der Waals surface area contributed by atoms with Gasteiger partial charge in [0.05, 0.1) is 25.8 Å². The Hall–Kier alpha value is -1.22. The summed E-state index contributed by atoms with van der Waals surface area (Å²) in [5.41, 5.74) is 0. The van der Waals surface area contributed by atoms with Gasteiger partial charge in [0.1, 0.15) is 0 Å². The molecule has 0 aromatic heterocycles. The molecule has 1 heterocycles. The Morgan fingerprint density at radius 3 is 2.07 bits per heavy atom. The summed E-state index contributed by atoms with van der Waals surface area (Å²) in [4.78, 5) is 25.4. The minimum Gasteiger partial charge on any atom is -0.389 e. The fourth-order valence-electron chi connectivity index (χ4n) is 3.32. The van der Waals surface area contributed by atoms with E-state index in [9.17, 15) is 14.7 Å². The quantitative estimate of drug-likeness (QED) is 0.330. The second kappa shape index (κ2) is 17.6. The van der Waals surface area contributed by atoms with Crippen molar-refractivity contribution in [3.8, 4) is 0 Å². The Morgan fingerprint density at radius 1 is 0.931 bits per heavy atom. The molecule has 1 unspecified atom stereocenters. The lowest BCUT2D eigenvalue weighted by molar-refractivity contribution is -0.121. The molecular weight excluding hydrogens is 372 g/mol. The smallest absolute Gasteiger partial charge is 0.234 e. The number of ether oxygens (including phenoxy) is 1. The highest BCUT2D eigenvalue weighted by Gasteiger charge is 2.14. The van der Waals surface area contributed by atoms with Gasteiger partial charge in [0.25, 0.3) is 0 Å². The summed E-state index contributed by atoms with van der Waals surface area (Å²) in [6.45, 7) is 6.22. The van der Waals surface area contributed by atoms with Crippen molar-refractivity contribution >= 4 is 11.8 Å². The van der Waals surface area contributed by atoms with Crippen LogP contribution in [0.4, 0.5) is 0 Å². The van der Waals surface area contributed by atoms with Crippen molar-refractivity contribution in [2.45, 2.75) is 64.4 Å². The van der Waals surface area contributed by atoms with Crippen molar-refractivity contribution in [3.63, 3.8) is 0 Å². The SMILES string of the molecule is CCCCCCCCCCOCC(O)CN1CCNC(=O)CNCC(=O)NCC1. The molecule has 0 saturated carbocycles. The lowest BCUT2D eigenvalue weighted by atomic mass is 10.1. The first-order valence-electron chi connectivity index (χ1n) is 11.3. The van der Waals surface area contributed by atoms with Crippen molar-refractivity contribution < 1.29 is 19.4 Å². The summed E-state index contributed by atoms with van der Waals surface area (Å²) < 4.78 is 5.63. The maximum atomic E-state index is 11.7. The first kappa shape index (κ1) is 25.8. The molecule has 8 heteroatoms. The fourth-order valence-corrected chi connectivity index (χ4v) is 3.32. The summed E-state index contributed by atoms with van der Waals surface area (Å²) >= 11 is 0. The van der Waals surface area contributed by atoms with Gasteiger partial charge in [0.2, 0.25) is 11.8 Å². The number of hydrogen-bond acceptors (Lipinski definition) is 6. The fraction of sp³-hybridized carbons (Fsp3) is 0.905. The molecule has 0 bridgehead atoms. The zero-order valence-corrected chi connectivity index (χ0v) is 18.2. The van der Waals surface area contributed by atoms with Crippen LogP contribution in [-0.4, -0.2) is 87.0 Å². The van der Waals surface area contributed by atoms with E-state index in [0.717, 1.165) is 6.42 Å². The number of aliphatic hydroxyl groups is 1. The second-order valence-corrected chi connectivity index (χ2v) is 7.81. The van der Waals surface area contributed by atoms with E-state index in [-0.39, 0.29) is 24.9 Å². The van der Waals surface area contributed by atoms with Gasteiger partial charge in [0, 0.05) is 39.3 Å². The lowest BCUT2D eigenvalue weighted by Gasteiger charge is -2.25. The van der Waals surface area contributed by atoms with E-state index in [4.69, 9.17) is 4.74 Å². The number of aliphatic hydroxyl groups excluding tert-OH is 1. The first-order valence-corrected chi connectivity index (χ1v) is 11.3. The normalized spacial score (nSPS) is 18.4. The number of unbranched alkanes of at least 4 members (excludes halogenated alkanes) is 7. The Bertz CT molecular complexity index is 415. The number of β-amino-alcohol motifs (C(OH)–C–C–N with tert-alkyl or cyclic N) is 1. The minimum absolute atomic E-state index is 0.128. The van der Waals surface area contributed by atoms with Gasteiger partial charge in [-0.05, 0) is 6.42 Å². The van der Waals surface area contributed by atoms with Crippen LogP contribution in [0.1, 0.15) is 58.3 Å². The Balaban J connectivity index is 2.13. The molecule has 29 heavy (non-hydrogen) atoms. The molecule has 0 aromatic carbocycles. The molecule has 0 aliphatic carbocycles. The summed E-state index contributed by atoms with van der Waals surface area (Å²) in [6.07, 6.45) is 9.52. The van der Waals surface area contributed by atoms with E-state index in [0.29, 0.717) is 45.9 Å². The molecule has 1 saturated heterocycles. The highest BCUT2D eigenvalue weighted by atomic mass is 16.5. The van der Waals surface area contributed by atoms with E-state index >= 15 is 0 Å². The topological polar surface area (TPSA) is 103 Å². The maximum Gasteiger partial charge on any atom is 0.234 e. The van der Waals surface area contributed by atoms with Crippen molar-refractivity contribution in [2.75, 3.05) is 59.0 Å². The largest absolute Gasteiger partial charge is 0.389 e. The molecule has 1 aliphatic heterocycles. The summed E-state index contributed by atoms with van der Waals surface area (Å²) in [6, 6.07) is 0. The molecule has 2 amide bonds. The average Bonchev–Trinajstić information content (AvgIpc) is 2.68. The number of nitrogens with zero attached hydrogens (tertiary/aromatic N) is 1. The third-order valence-corrected chi connectivity index (χ3v) is 4.99. The van der Waals surface area contributed by atoms with E-state index in [2.05, 4.69) is 22.9 Å². The average molecular weight is 415 g/mol. The molecule has 1 rings (SSSR count). The molecule has 0 spiro atoms. The summed E-state index contributed by atoms with van der Waals surface area (Å²) in [5, 5.41) is 18.7. The van der Waals surface area contributed by atoms with Gasteiger partial charge in [-0.2, -0.15) is 0 Å². The third kappa shape index (κ3) is 15.3. The Morgan fingerprint density at radius 2 is 1.48 bits per heavy atom. The number of amides is 2. The van der Waals surface area contributed by atoms with Gasteiger partial charge in [0.15, 0.2) is 0 Å². The number of carbonyl (C=O) groups is 2. The second-order valence-electron chi connectivity index (χ2n) is 7.81. The van der Waals surface area contributed by atoms with Gasteiger partial charge in [-0.15, -0.1) is 0 Å². The summed E-state index contributed by atoms with van der Waals surface area (Å²) in [7, 11) is 0. The molecule has 0 radical (unpaired) electrons. The number of nitrogens with one attached hydrogen (secondary N) is 3. The zero-order valence-electron chi connectivity index (χ0n) is 18.2. The number of hydrogen-bond donors (Lipinski definition) is 4. The predicted molar refractivity (Wildman–Crippen MR) is 115 cm³/mol. The number of carbonyl (C=O) groups excluding carboxylic acids is 2. The van der Waals surface area contributed by atoms with E-state index in [1.807, 2.05) is 4.90 Å². The molecule has 1 atom stereocenters. The van der Waals surface area contributed by atoms with Gasteiger partial charge in [-0.1, -0.05) is 51.9 Å². The first-order chi connectivity index (χ1) is 14.1. The molecule has 8 nitrogen and oxygen atoms in total. The van der Waals surface area contributed by atoms with Crippen LogP contribution >= 0.6 is 0 Å². The Labute approximate surface area is 176 Å². The highest BCUT2D eigenvalue weighted by Crippen LogP contribution is 2.08. The van der Waals surface area contributed by atoms with Crippen LogP contribution in [0.15, 0.2) is 0 Å². The molecule has 0 aromatic rings. The van der Waals surface area contributed by atoms with Gasteiger partial charge >= 0.3 is 0 Å². The van der Waals surface area contributed by atoms with Crippen LogP contribution in [0.3, 0.4) is 0 Å². The Kier molecular flexibility index (Phi) is 15.7. The van der Waals surface area contributed by atoms with E-state index in [1.165, 1.54) is 44.9 Å². The standard InChI is InChI=1S/C21H42N4O4/c1-2-3-4-5-6-7-8-9-14-29-18-19(26)17-25-12-10-23-20(27)15-22-16-21(28)24-11-13-25/h19,22,26H,2-18H2,1H3,(H,23,27)(H,24,28). The van der Waals surface area contributed by atoms with Crippen LogP contribution < -0.4 is 16.0 Å². The maximum absolute atomic E-state index is 11.7. The van der Waals surface area contributed by atoms with Gasteiger partial charge < -0.3 is 20.5 Å². The molecule has 1 aliphatic rings. The van der Waals surface area contributed by atoms with Crippen molar-refractivity contribution in [2.24, 2.45) is 0 Å². The van der Waals surface area contributed by atoms with Crippen LogP contribution in [-0.2, 0) is 14.3 Å². The summed E-state index contributed by atoms with van der Waals surface area (Å²) in [5.74, 6) is -0.264. The third-order valence-electron chi connectivity index (χ3n) is 4.99. The molecule has 1 fully saturated rings. The van der Waals surface area contributed by atoms with E-state index < -0.39 is 6.10 Å². The monoisotopic (exact) mass is 414 g/mol. The zero-order chi connectivity index (χ0) is 21.2. The lowest BCUT2D eigenvalue weighted by Crippen LogP contribution is -2.47. The molecule has 170 valence electrons. The number of rotatable bonds is 13. The van der Waals surface area contributed by atoms with Crippen molar-refractivity contribution in [3.05, 3.63) is 0 Å². The van der Waals surface area contributed by atoms with Gasteiger partial charge in [-0.3, -0.25) is 19.8 Å². The highest BCUT2D eigenvalue weighted by molar-refractivity contribution is 5.81. The van der Waals surface area contributed by atoms with Crippen LogP contribution in [0.5, 0.6) is 0 Å². The minimum atomic E-state index is -0.579.